The predicted octanol–water partition coefficient (Wildman–Crippen LogP) is 2.54. The summed E-state index contributed by atoms with van der Waals surface area (Å²) in [6.07, 6.45) is 1.19. The van der Waals surface area contributed by atoms with Gasteiger partial charge < -0.3 is 20.3 Å². The Labute approximate surface area is 180 Å². The predicted molar refractivity (Wildman–Crippen MR) is 114 cm³/mol. The number of nitrogens with zero attached hydrogens (tertiary/aromatic N) is 2. The SMILES string of the molecule is N#Cc1c(F)cccc1NCCNC(=O)C1CCN(C(=O)COc2ccccc2)CC1. The van der Waals surface area contributed by atoms with Crippen LogP contribution in [-0.4, -0.2) is 49.5 Å². The van der Waals surface area contributed by atoms with E-state index in [9.17, 15) is 14.0 Å². The largest absolute Gasteiger partial charge is 0.484 e. The summed E-state index contributed by atoms with van der Waals surface area (Å²) in [6, 6.07) is 15.4. The molecule has 0 bridgehead atoms. The number of hydrogen-bond donors (Lipinski definition) is 2. The van der Waals surface area contributed by atoms with Crippen molar-refractivity contribution < 1.29 is 18.7 Å². The van der Waals surface area contributed by atoms with Gasteiger partial charge in [0.2, 0.25) is 5.91 Å². The second-order valence-electron chi connectivity index (χ2n) is 7.25. The van der Waals surface area contributed by atoms with Gasteiger partial charge in [-0.15, -0.1) is 0 Å². The third-order valence-electron chi connectivity index (χ3n) is 5.19. The lowest BCUT2D eigenvalue weighted by Crippen LogP contribution is -2.45. The molecule has 1 fully saturated rings. The van der Waals surface area contributed by atoms with Gasteiger partial charge in [-0.2, -0.15) is 5.26 Å². The minimum Gasteiger partial charge on any atom is -0.484 e. The molecule has 0 aliphatic carbocycles. The van der Waals surface area contributed by atoms with E-state index in [1.165, 1.54) is 12.1 Å². The van der Waals surface area contributed by atoms with E-state index in [0.717, 1.165) is 0 Å². The van der Waals surface area contributed by atoms with Crippen molar-refractivity contribution in [2.24, 2.45) is 5.92 Å². The topological polar surface area (TPSA) is 94.5 Å². The molecule has 1 heterocycles. The number of rotatable bonds is 8. The van der Waals surface area contributed by atoms with Crippen molar-refractivity contribution >= 4 is 17.5 Å². The molecule has 0 saturated carbocycles. The molecule has 2 amide bonds. The number of hydrogen-bond acceptors (Lipinski definition) is 5. The first-order valence-electron chi connectivity index (χ1n) is 10.2. The second kappa shape index (κ2) is 11.0. The summed E-state index contributed by atoms with van der Waals surface area (Å²) in [5.41, 5.74) is 0.364. The van der Waals surface area contributed by atoms with Crippen LogP contribution in [0.25, 0.3) is 0 Å². The van der Waals surface area contributed by atoms with Crippen LogP contribution in [0.5, 0.6) is 5.75 Å². The average Bonchev–Trinajstić information content (AvgIpc) is 2.81. The van der Waals surface area contributed by atoms with Crippen LogP contribution in [0, 0.1) is 23.1 Å². The number of carbonyl (C=O) groups excluding carboxylic acids is 2. The van der Waals surface area contributed by atoms with Crippen molar-refractivity contribution in [3.63, 3.8) is 0 Å². The summed E-state index contributed by atoms with van der Waals surface area (Å²) in [4.78, 5) is 26.4. The number of nitrogens with one attached hydrogen (secondary N) is 2. The summed E-state index contributed by atoms with van der Waals surface area (Å²) in [5, 5.41) is 14.9. The van der Waals surface area contributed by atoms with Crippen molar-refractivity contribution in [2.45, 2.75) is 12.8 Å². The first kappa shape index (κ1) is 22.1. The van der Waals surface area contributed by atoms with Gasteiger partial charge in [0.25, 0.3) is 5.91 Å². The molecule has 1 aliphatic heterocycles. The highest BCUT2D eigenvalue weighted by Gasteiger charge is 2.27. The van der Waals surface area contributed by atoms with Crippen molar-refractivity contribution in [1.82, 2.24) is 10.2 Å². The molecule has 0 unspecified atom stereocenters. The number of amides is 2. The number of anilines is 1. The second-order valence-corrected chi connectivity index (χ2v) is 7.25. The van der Waals surface area contributed by atoms with Gasteiger partial charge in [-0.25, -0.2) is 4.39 Å². The molecule has 0 radical (unpaired) electrons. The van der Waals surface area contributed by atoms with E-state index in [-0.39, 0.29) is 29.9 Å². The van der Waals surface area contributed by atoms with Crippen LogP contribution in [0.15, 0.2) is 48.5 Å². The fraction of sp³-hybridized carbons (Fsp3) is 0.348. The van der Waals surface area contributed by atoms with Crippen LogP contribution in [0.1, 0.15) is 18.4 Å². The van der Waals surface area contributed by atoms with Crippen molar-refractivity contribution in [3.05, 3.63) is 59.9 Å². The number of nitriles is 1. The number of para-hydroxylation sites is 1. The molecule has 7 nitrogen and oxygen atoms in total. The Bertz CT molecular complexity index is 938. The van der Waals surface area contributed by atoms with Gasteiger partial charge in [0.1, 0.15) is 23.2 Å². The molecule has 1 saturated heterocycles. The molecule has 8 heteroatoms. The lowest BCUT2D eigenvalue weighted by atomic mass is 9.96. The summed E-state index contributed by atoms with van der Waals surface area (Å²) in [5.74, 6) is -0.224. The molecule has 2 N–H and O–H groups in total. The smallest absolute Gasteiger partial charge is 0.260 e. The van der Waals surface area contributed by atoms with E-state index in [0.29, 0.717) is 50.5 Å². The maximum Gasteiger partial charge on any atom is 0.260 e. The van der Waals surface area contributed by atoms with Crippen molar-refractivity contribution in [2.75, 3.05) is 38.1 Å². The molecule has 1 aliphatic rings. The van der Waals surface area contributed by atoms with Gasteiger partial charge in [0, 0.05) is 32.1 Å². The molecule has 3 rings (SSSR count). The third-order valence-corrected chi connectivity index (χ3v) is 5.19. The van der Waals surface area contributed by atoms with Crippen LogP contribution in [0.4, 0.5) is 10.1 Å². The number of carbonyl (C=O) groups is 2. The van der Waals surface area contributed by atoms with E-state index < -0.39 is 5.82 Å². The summed E-state index contributed by atoms with van der Waals surface area (Å²) >= 11 is 0. The average molecular weight is 424 g/mol. The van der Waals surface area contributed by atoms with E-state index in [2.05, 4.69) is 10.6 Å². The Hall–Kier alpha value is -3.60. The maximum atomic E-state index is 13.6. The van der Waals surface area contributed by atoms with Gasteiger partial charge >= 0.3 is 0 Å². The summed E-state index contributed by atoms with van der Waals surface area (Å²) in [6.45, 7) is 1.74. The molecule has 2 aromatic rings. The van der Waals surface area contributed by atoms with Crippen LogP contribution in [-0.2, 0) is 9.59 Å². The third kappa shape index (κ3) is 6.19. The highest BCUT2D eigenvalue weighted by atomic mass is 19.1. The van der Waals surface area contributed by atoms with Crippen molar-refractivity contribution in [1.29, 1.82) is 5.26 Å². The normalized spacial score (nSPS) is 13.9. The molecule has 0 aromatic heterocycles. The Balaban J connectivity index is 1.35. The number of likely N-dealkylation sites (tertiary alicyclic amines) is 1. The zero-order valence-electron chi connectivity index (χ0n) is 17.1. The fourth-order valence-electron chi connectivity index (χ4n) is 3.46. The van der Waals surface area contributed by atoms with Gasteiger partial charge in [0.05, 0.1) is 5.69 Å². The van der Waals surface area contributed by atoms with Gasteiger partial charge in [-0.05, 0) is 37.1 Å². The summed E-state index contributed by atoms with van der Waals surface area (Å²) in [7, 11) is 0. The Morgan fingerprint density at radius 2 is 1.84 bits per heavy atom. The quantitative estimate of drug-likeness (QED) is 0.635. The monoisotopic (exact) mass is 424 g/mol. The van der Waals surface area contributed by atoms with E-state index in [1.54, 1.807) is 23.1 Å². The first-order valence-corrected chi connectivity index (χ1v) is 10.2. The Morgan fingerprint density at radius 3 is 2.55 bits per heavy atom. The molecule has 162 valence electrons. The molecule has 0 atom stereocenters. The minimum absolute atomic E-state index is 0.0166. The standard InChI is InChI=1S/C23H25FN4O3/c24-20-7-4-8-21(19(20)15-25)26-11-12-27-23(30)17-9-13-28(14-10-17)22(29)16-31-18-5-2-1-3-6-18/h1-8,17,26H,9-14,16H2,(H,27,30). The van der Waals surface area contributed by atoms with E-state index >= 15 is 0 Å². The zero-order chi connectivity index (χ0) is 22.1. The first-order chi connectivity index (χ1) is 15.1. The Morgan fingerprint density at radius 1 is 1.10 bits per heavy atom. The highest BCUT2D eigenvalue weighted by molar-refractivity contribution is 5.80. The number of halogens is 1. The lowest BCUT2D eigenvalue weighted by Gasteiger charge is -2.31. The summed E-state index contributed by atoms with van der Waals surface area (Å²) < 4.78 is 19.1. The van der Waals surface area contributed by atoms with Gasteiger partial charge in [-0.3, -0.25) is 9.59 Å². The minimum atomic E-state index is -0.577. The molecule has 0 spiro atoms. The number of piperidine rings is 1. The van der Waals surface area contributed by atoms with E-state index in [1.807, 2.05) is 24.3 Å². The highest BCUT2D eigenvalue weighted by Crippen LogP contribution is 2.19. The molecular formula is C23H25FN4O3. The number of benzene rings is 2. The molecule has 2 aromatic carbocycles. The number of ether oxygens (including phenoxy) is 1. The van der Waals surface area contributed by atoms with Crippen LogP contribution in [0.2, 0.25) is 0 Å². The van der Waals surface area contributed by atoms with Crippen LogP contribution >= 0.6 is 0 Å². The molecule has 31 heavy (non-hydrogen) atoms. The maximum absolute atomic E-state index is 13.6. The van der Waals surface area contributed by atoms with Crippen LogP contribution in [0.3, 0.4) is 0 Å². The lowest BCUT2D eigenvalue weighted by molar-refractivity contribution is -0.137. The van der Waals surface area contributed by atoms with E-state index in [4.69, 9.17) is 10.00 Å². The van der Waals surface area contributed by atoms with Crippen LogP contribution < -0.4 is 15.4 Å². The zero-order valence-corrected chi connectivity index (χ0v) is 17.1. The van der Waals surface area contributed by atoms with Gasteiger partial charge in [-0.1, -0.05) is 24.3 Å². The van der Waals surface area contributed by atoms with Gasteiger partial charge in [0.15, 0.2) is 6.61 Å². The van der Waals surface area contributed by atoms with Crippen molar-refractivity contribution in [3.8, 4) is 11.8 Å². The Kier molecular flexibility index (Phi) is 7.82. The molecular weight excluding hydrogens is 399 g/mol. The fourth-order valence-corrected chi connectivity index (χ4v) is 3.46.